The second kappa shape index (κ2) is 7.55. The molecule has 148 valence electrons. The normalized spacial score (nSPS) is 29.1. The summed E-state index contributed by atoms with van der Waals surface area (Å²) < 4.78 is 0. The SMILES string of the molecule is CC1=NC2=CN(CO)NN2C(SCC2(C(=O)O)CS[C@@H]3CC(=O)N3C2)=C1.Cl. The van der Waals surface area contributed by atoms with Gasteiger partial charge in [0.1, 0.15) is 12.1 Å². The summed E-state index contributed by atoms with van der Waals surface area (Å²) in [7, 11) is 0. The molecule has 1 unspecified atom stereocenters. The third kappa shape index (κ3) is 3.54. The molecule has 0 aromatic carbocycles. The molecule has 2 atom stereocenters. The van der Waals surface area contributed by atoms with Gasteiger partial charge in [0.25, 0.3) is 0 Å². The number of carboxylic acids is 1. The van der Waals surface area contributed by atoms with E-state index in [-0.39, 0.29) is 37.0 Å². The number of carboxylic acid groups (broad SMARTS) is 1. The molecular weight excluding hydrogens is 414 g/mol. The number of amides is 1. The average Bonchev–Trinajstić information content (AvgIpc) is 3.02. The van der Waals surface area contributed by atoms with Crippen molar-refractivity contribution in [2.75, 3.05) is 24.8 Å². The molecular formula is C15H20ClN5O4S2. The number of β-lactam (4-membered cyclic amide) rings is 1. The minimum atomic E-state index is -0.981. The fourth-order valence-electron chi connectivity index (χ4n) is 3.16. The lowest BCUT2D eigenvalue weighted by atomic mass is 9.90. The van der Waals surface area contributed by atoms with Gasteiger partial charge in [-0.2, -0.15) is 0 Å². The van der Waals surface area contributed by atoms with Crippen LogP contribution < -0.4 is 5.53 Å². The molecule has 4 aliphatic rings. The first kappa shape index (κ1) is 20.3. The summed E-state index contributed by atoms with van der Waals surface area (Å²) in [6.07, 6.45) is 4.07. The van der Waals surface area contributed by atoms with Crippen molar-refractivity contribution in [3.63, 3.8) is 0 Å². The molecule has 4 aliphatic heterocycles. The molecule has 2 fully saturated rings. The molecule has 0 aromatic heterocycles. The van der Waals surface area contributed by atoms with Crippen LogP contribution in [-0.2, 0) is 9.59 Å². The highest BCUT2D eigenvalue weighted by molar-refractivity contribution is 8.03. The van der Waals surface area contributed by atoms with E-state index in [1.807, 2.05) is 13.0 Å². The van der Waals surface area contributed by atoms with Gasteiger partial charge in [-0.3, -0.25) is 14.6 Å². The number of aliphatic imine (C=N–C) groups is 1. The average molecular weight is 434 g/mol. The van der Waals surface area contributed by atoms with E-state index in [4.69, 9.17) is 0 Å². The summed E-state index contributed by atoms with van der Waals surface area (Å²) in [4.78, 5) is 29.9. The molecule has 0 aromatic rings. The molecule has 0 aliphatic carbocycles. The van der Waals surface area contributed by atoms with Crippen molar-refractivity contribution in [3.8, 4) is 0 Å². The summed E-state index contributed by atoms with van der Waals surface area (Å²) in [5.74, 6) is 0.627. The Morgan fingerprint density at radius 3 is 3.00 bits per heavy atom. The van der Waals surface area contributed by atoms with Gasteiger partial charge in [0, 0.05) is 23.8 Å². The van der Waals surface area contributed by atoms with Crippen LogP contribution in [0.1, 0.15) is 13.3 Å². The van der Waals surface area contributed by atoms with Crippen molar-refractivity contribution in [2.24, 2.45) is 10.4 Å². The van der Waals surface area contributed by atoms with Gasteiger partial charge in [-0.15, -0.1) is 41.5 Å². The molecule has 27 heavy (non-hydrogen) atoms. The summed E-state index contributed by atoms with van der Waals surface area (Å²) in [6.45, 7) is 1.92. The molecule has 0 saturated carbocycles. The van der Waals surface area contributed by atoms with Gasteiger partial charge >= 0.3 is 5.97 Å². The monoisotopic (exact) mass is 433 g/mol. The Labute approximate surface area is 170 Å². The van der Waals surface area contributed by atoms with Gasteiger partial charge in [-0.25, -0.2) is 10.0 Å². The molecule has 9 nitrogen and oxygen atoms in total. The molecule has 1 amide bonds. The van der Waals surface area contributed by atoms with Crippen molar-refractivity contribution in [1.82, 2.24) is 20.5 Å². The van der Waals surface area contributed by atoms with Crippen LogP contribution in [0, 0.1) is 5.41 Å². The number of allylic oxidation sites excluding steroid dienone is 1. The van der Waals surface area contributed by atoms with E-state index in [2.05, 4.69) is 10.5 Å². The highest BCUT2D eigenvalue weighted by atomic mass is 35.5. The number of carbonyl (C=O) groups excluding carboxylic acids is 1. The van der Waals surface area contributed by atoms with Gasteiger partial charge in [0.05, 0.1) is 23.0 Å². The zero-order chi connectivity index (χ0) is 18.5. The van der Waals surface area contributed by atoms with Gasteiger partial charge in [0.15, 0.2) is 5.82 Å². The topological polar surface area (TPSA) is 109 Å². The van der Waals surface area contributed by atoms with Crippen molar-refractivity contribution in [2.45, 2.75) is 18.7 Å². The van der Waals surface area contributed by atoms with Crippen molar-refractivity contribution in [3.05, 3.63) is 23.1 Å². The minimum Gasteiger partial charge on any atom is -0.481 e. The molecule has 0 bridgehead atoms. The van der Waals surface area contributed by atoms with Crippen LogP contribution in [0.5, 0.6) is 0 Å². The van der Waals surface area contributed by atoms with Crippen LogP contribution in [0.3, 0.4) is 0 Å². The number of hydrogen-bond donors (Lipinski definition) is 3. The van der Waals surface area contributed by atoms with E-state index >= 15 is 0 Å². The number of carbonyl (C=O) groups is 2. The maximum absolute atomic E-state index is 12.0. The van der Waals surface area contributed by atoms with Crippen LogP contribution in [-0.4, -0.2) is 72.9 Å². The maximum atomic E-state index is 12.0. The number of hydrogen-bond acceptors (Lipinski definition) is 9. The third-order valence-electron chi connectivity index (χ3n) is 4.72. The second-order valence-electron chi connectivity index (χ2n) is 6.64. The van der Waals surface area contributed by atoms with Gasteiger partial charge in [0.2, 0.25) is 5.91 Å². The summed E-state index contributed by atoms with van der Waals surface area (Å²) in [5, 5.41) is 23.3. The Balaban J connectivity index is 0.00000210. The first-order chi connectivity index (χ1) is 12.4. The number of halogens is 1. The van der Waals surface area contributed by atoms with E-state index in [1.54, 1.807) is 27.9 Å². The third-order valence-corrected chi connectivity index (χ3v) is 7.54. The molecule has 0 radical (unpaired) electrons. The summed E-state index contributed by atoms with van der Waals surface area (Å²) in [6, 6.07) is 0. The second-order valence-corrected chi connectivity index (χ2v) is 8.80. The van der Waals surface area contributed by atoms with Crippen LogP contribution in [0.2, 0.25) is 0 Å². The Morgan fingerprint density at radius 1 is 1.56 bits per heavy atom. The lowest BCUT2D eigenvalue weighted by Crippen LogP contribution is -2.62. The number of aliphatic carboxylic acids is 1. The van der Waals surface area contributed by atoms with Crippen molar-refractivity contribution >= 4 is 53.5 Å². The Bertz CT molecular complexity index is 760. The fraction of sp³-hybridized carbons (Fsp3) is 0.533. The quantitative estimate of drug-likeness (QED) is 0.537. The van der Waals surface area contributed by atoms with Crippen LogP contribution >= 0.6 is 35.9 Å². The molecule has 0 spiro atoms. The predicted molar refractivity (Wildman–Crippen MR) is 106 cm³/mol. The van der Waals surface area contributed by atoms with Crippen molar-refractivity contribution in [1.29, 1.82) is 0 Å². The lowest BCUT2D eigenvalue weighted by molar-refractivity contribution is -0.153. The van der Waals surface area contributed by atoms with Crippen LogP contribution in [0.4, 0.5) is 0 Å². The first-order valence-corrected chi connectivity index (χ1v) is 10.2. The summed E-state index contributed by atoms with van der Waals surface area (Å²) >= 11 is 2.96. The number of aliphatic hydroxyl groups is 1. The van der Waals surface area contributed by atoms with Gasteiger partial charge in [-0.1, -0.05) is 0 Å². The van der Waals surface area contributed by atoms with E-state index in [1.165, 1.54) is 16.8 Å². The standard InChI is InChI=1S/C15H19N5O4S2.ClH/c1-9-2-13(20-10(16-9)4-18(8-21)17-20)26-7-15(14(23)24)5-19-11(22)3-12(19)25-6-15;/h2,4,12,17,21H,3,5-8H2,1H3,(H,23,24);1H/t12-,15?;/m1./s1. The smallest absolute Gasteiger partial charge is 0.313 e. The zero-order valence-corrected chi connectivity index (χ0v) is 16.9. The van der Waals surface area contributed by atoms with Crippen LogP contribution in [0.25, 0.3) is 0 Å². The minimum absolute atomic E-state index is 0. The number of nitrogens with zero attached hydrogens (tertiary/aromatic N) is 4. The first-order valence-electron chi connectivity index (χ1n) is 8.12. The highest BCUT2D eigenvalue weighted by Crippen LogP contribution is 2.44. The fourth-order valence-corrected chi connectivity index (χ4v) is 6.01. The molecule has 3 N–H and O–H groups in total. The number of aliphatic hydroxyl groups excluding tert-OH is 1. The van der Waals surface area contributed by atoms with Gasteiger partial charge < -0.3 is 15.1 Å². The largest absolute Gasteiger partial charge is 0.481 e. The Hall–Kier alpha value is -1.40. The molecule has 4 rings (SSSR count). The van der Waals surface area contributed by atoms with E-state index < -0.39 is 11.4 Å². The molecule has 12 heteroatoms. The number of rotatable bonds is 5. The van der Waals surface area contributed by atoms with Crippen molar-refractivity contribution < 1.29 is 19.8 Å². The molecule has 2 saturated heterocycles. The zero-order valence-electron chi connectivity index (χ0n) is 14.5. The number of thioether (sulfide) groups is 2. The number of nitrogens with one attached hydrogen (secondary N) is 1. The van der Waals surface area contributed by atoms with Crippen LogP contribution in [0.15, 0.2) is 28.1 Å². The number of fused-ring (bicyclic) bond motifs is 2. The molecule has 4 heterocycles. The highest BCUT2D eigenvalue weighted by Gasteiger charge is 2.52. The van der Waals surface area contributed by atoms with Gasteiger partial charge in [-0.05, 0) is 13.0 Å². The lowest BCUT2D eigenvalue weighted by Gasteiger charge is -2.49. The van der Waals surface area contributed by atoms with E-state index in [0.29, 0.717) is 23.7 Å². The maximum Gasteiger partial charge on any atom is 0.313 e. The van der Waals surface area contributed by atoms with E-state index in [9.17, 15) is 19.8 Å². The summed E-state index contributed by atoms with van der Waals surface area (Å²) in [5.41, 5.74) is 2.81. The Morgan fingerprint density at radius 2 is 2.33 bits per heavy atom. The van der Waals surface area contributed by atoms with E-state index in [0.717, 1.165) is 10.7 Å². The number of hydrazine groups is 2. The predicted octanol–water partition coefficient (Wildman–Crippen LogP) is 0.619. The Kier molecular flexibility index (Phi) is 5.69.